The molecule has 0 saturated carbocycles. The zero-order valence-corrected chi connectivity index (χ0v) is 20.1. The Balaban J connectivity index is 1.82. The van der Waals surface area contributed by atoms with Crippen molar-refractivity contribution >= 4 is 37.9 Å². The monoisotopic (exact) mass is 584 g/mol. The number of nitriles is 1. The van der Waals surface area contributed by atoms with Crippen LogP contribution < -0.4 is 14.5 Å². The van der Waals surface area contributed by atoms with E-state index < -0.39 is 51.5 Å². The molecule has 3 aromatic carbocycles. The largest absolute Gasteiger partial charge is 0.495 e. The van der Waals surface area contributed by atoms with Gasteiger partial charge in [-0.2, -0.15) is 14.0 Å². The third-order valence-electron chi connectivity index (χ3n) is 5.02. The Morgan fingerprint density at radius 1 is 0.944 bits per heavy atom. The highest BCUT2D eigenvalue weighted by Gasteiger charge is 2.29. The van der Waals surface area contributed by atoms with Crippen molar-refractivity contribution in [2.45, 2.75) is 4.90 Å². The summed E-state index contributed by atoms with van der Waals surface area (Å²) in [7, 11) is 1.37. The van der Waals surface area contributed by atoms with Crippen LogP contribution in [0, 0.1) is 40.4 Å². The molecule has 36 heavy (non-hydrogen) atoms. The minimum absolute atomic E-state index is 0.197. The molecule has 184 valence electrons. The van der Waals surface area contributed by atoms with Gasteiger partial charge in [0, 0.05) is 15.9 Å². The summed E-state index contributed by atoms with van der Waals surface area (Å²) in [6, 6.07) is 11.2. The number of halogens is 6. The van der Waals surface area contributed by atoms with E-state index >= 15 is 0 Å². The molecular weight excluding hydrogens is 575 g/mol. The standard InChI is InChI=1S/C23H10BrF5N2O4S/c1-34-16-8-13(24)11(9-30)7-15(16)31-14-4-3-12(6-10(14)2-5-17(31)32)36(33)35-23-21(28)19(26)18(25)20(27)22(23)29/h2-8H,1H3. The Morgan fingerprint density at radius 3 is 2.19 bits per heavy atom. The fourth-order valence-corrected chi connectivity index (χ4v) is 4.53. The number of rotatable bonds is 5. The molecule has 0 radical (unpaired) electrons. The fourth-order valence-electron chi connectivity index (χ4n) is 3.33. The van der Waals surface area contributed by atoms with Crippen LogP contribution >= 0.6 is 15.9 Å². The Hall–Kier alpha value is -3.76. The molecule has 1 heterocycles. The Bertz CT molecular complexity index is 1660. The number of fused-ring (bicyclic) bond motifs is 1. The van der Waals surface area contributed by atoms with Crippen molar-refractivity contribution < 1.29 is 35.1 Å². The first kappa shape index (κ1) is 25.3. The van der Waals surface area contributed by atoms with Gasteiger partial charge in [0.2, 0.25) is 45.9 Å². The van der Waals surface area contributed by atoms with Crippen LogP contribution in [-0.4, -0.2) is 15.9 Å². The van der Waals surface area contributed by atoms with E-state index in [0.29, 0.717) is 9.86 Å². The Morgan fingerprint density at radius 2 is 1.58 bits per heavy atom. The molecule has 0 aliphatic rings. The lowest BCUT2D eigenvalue weighted by Gasteiger charge is -2.15. The highest BCUT2D eigenvalue weighted by atomic mass is 79.9. The Labute approximate surface area is 209 Å². The van der Waals surface area contributed by atoms with Gasteiger partial charge in [-0.1, -0.05) is 0 Å². The lowest BCUT2D eigenvalue weighted by molar-refractivity contribution is 0.352. The summed E-state index contributed by atoms with van der Waals surface area (Å²) in [5.41, 5.74) is 0.200. The van der Waals surface area contributed by atoms with Gasteiger partial charge < -0.3 is 8.92 Å². The molecule has 4 aromatic rings. The number of benzene rings is 3. The molecule has 0 N–H and O–H groups in total. The van der Waals surface area contributed by atoms with Crippen molar-refractivity contribution in [3.63, 3.8) is 0 Å². The average Bonchev–Trinajstić information content (AvgIpc) is 2.88. The van der Waals surface area contributed by atoms with E-state index in [-0.39, 0.29) is 27.4 Å². The van der Waals surface area contributed by atoms with E-state index in [9.17, 15) is 36.2 Å². The third-order valence-corrected chi connectivity index (χ3v) is 6.63. The second-order valence-corrected chi connectivity index (χ2v) is 9.02. The molecule has 0 aliphatic carbocycles. The van der Waals surface area contributed by atoms with Gasteiger partial charge in [0.15, 0.2) is 0 Å². The molecule has 6 nitrogen and oxygen atoms in total. The summed E-state index contributed by atoms with van der Waals surface area (Å²) in [5.74, 6) is -12.9. The summed E-state index contributed by atoms with van der Waals surface area (Å²) in [5, 5.41) is 9.66. The number of hydrogen-bond acceptors (Lipinski definition) is 5. The molecule has 13 heteroatoms. The first-order chi connectivity index (χ1) is 17.1. The van der Waals surface area contributed by atoms with Crippen LogP contribution in [0.25, 0.3) is 16.6 Å². The van der Waals surface area contributed by atoms with Gasteiger partial charge in [0.05, 0.1) is 28.8 Å². The van der Waals surface area contributed by atoms with Gasteiger partial charge in [0.1, 0.15) is 11.8 Å². The Kier molecular flexibility index (Phi) is 6.83. The van der Waals surface area contributed by atoms with E-state index in [1.54, 1.807) is 0 Å². The van der Waals surface area contributed by atoms with Crippen molar-refractivity contribution in [2.75, 3.05) is 7.11 Å². The predicted molar refractivity (Wildman–Crippen MR) is 122 cm³/mol. The summed E-state index contributed by atoms with van der Waals surface area (Å²) < 4.78 is 92.2. The summed E-state index contributed by atoms with van der Waals surface area (Å²) in [4.78, 5) is 12.6. The van der Waals surface area contributed by atoms with E-state index in [2.05, 4.69) is 20.1 Å². The lowest BCUT2D eigenvalue weighted by atomic mass is 10.1. The van der Waals surface area contributed by atoms with Crippen molar-refractivity contribution in [1.82, 2.24) is 4.57 Å². The molecular formula is C23H10BrF5N2O4S. The molecule has 0 spiro atoms. The SMILES string of the molecule is COc1cc(Br)c(C#N)cc1-n1c(=O)ccc2cc(S(=O)Oc3c(F)c(F)c(F)c(F)c3F)ccc21. The first-order valence-electron chi connectivity index (χ1n) is 9.64. The maximum Gasteiger partial charge on any atom is 0.255 e. The molecule has 1 atom stereocenters. The van der Waals surface area contributed by atoms with Crippen molar-refractivity contribution in [3.05, 3.63) is 91.9 Å². The fraction of sp³-hybridized carbons (Fsp3) is 0.0435. The van der Waals surface area contributed by atoms with E-state index in [1.165, 1.54) is 54.1 Å². The van der Waals surface area contributed by atoms with Crippen LogP contribution in [0.5, 0.6) is 11.5 Å². The minimum atomic E-state index is -2.70. The number of hydrogen-bond donors (Lipinski definition) is 0. The maximum absolute atomic E-state index is 13.9. The average molecular weight is 585 g/mol. The molecule has 0 bridgehead atoms. The van der Waals surface area contributed by atoms with Crippen LogP contribution in [0.1, 0.15) is 5.56 Å². The number of pyridine rings is 1. The van der Waals surface area contributed by atoms with Crippen LogP contribution in [0.4, 0.5) is 22.0 Å². The predicted octanol–water partition coefficient (Wildman–Crippen LogP) is 5.43. The molecule has 0 amide bonds. The quantitative estimate of drug-likeness (QED) is 0.177. The molecule has 0 fully saturated rings. The highest BCUT2D eigenvalue weighted by molar-refractivity contribution is 9.10. The lowest BCUT2D eigenvalue weighted by Crippen LogP contribution is -2.18. The van der Waals surface area contributed by atoms with Crippen molar-refractivity contribution in [3.8, 4) is 23.3 Å². The normalized spacial score (nSPS) is 11.8. The van der Waals surface area contributed by atoms with Gasteiger partial charge in [-0.25, -0.2) is 17.4 Å². The van der Waals surface area contributed by atoms with Crippen molar-refractivity contribution in [1.29, 1.82) is 5.26 Å². The van der Waals surface area contributed by atoms with Crippen molar-refractivity contribution in [2.24, 2.45) is 0 Å². The van der Waals surface area contributed by atoms with Crippen LogP contribution in [-0.2, 0) is 11.1 Å². The van der Waals surface area contributed by atoms with Gasteiger partial charge in [-0.05, 0) is 52.3 Å². The number of ether oxygens (including phenoxy) is 1. The number of nitrogens with zero attached hydrogens (tertiary/aromatic N) is 2. The number of aromatic nitrogens is 1. The highest BCUT2D eigenvalue weighted by Crippen LogP contribution is 2.33. The summed E-state index contributed by atoms with van der Waals surface area (Å²) >= 11 is 0.538. The minimum Gasteiger partial charge on any atom is -0.495 e. The topological polar surface area (TPSA) is 81.3 Å². The van der Waals surface area contributed by atoms with Crippen LogP contribution in [0.2, 0.25) is 0 Å². The van der Waals surface area contributed by atoms with E-state index in [1.807, 2.05) is 6.07 Å². The second-order valence-electron chi connectivity index (χ2n) is 7.06. The van der Waals surface area contributed by atoms with Crippen LogP contribution in [0.3, 0.4) is 0 Å². The number of methoxy groups -OCH3 is 1. The zero-order chi connectivity index (χ0) is 26.3. The third kappa shape index (κ3) is 4.22. The molecule has 4 rings (SSSR count). The molecule has 1 unspecified atom stereocenters. The maximum atomic E-state index is 13.9. The smallest absolute Gasteiger partial charge is 0.255 e. The van der Waals surface area contributed by atoms with Gasteiger partial charge >= 0.3 is 0 Å². The van der Waals surface area contributed by atoms with Gasteiger partial charge in [0.25, 0.3) is 5.56 Å². The molecule has 1 aromatic heterocycles. The van der Waals surface area contributed by atoms with Gasteiger partial charge in [-0.15, -0.1) is 0 Å². The molecule has 0 saturated heterocycles. The summed E-state index contributed by atoms with van der Waals surface area (Å²) in [6.07, 6.45) is 0. The first-order valence-corrected chi connectivity index (χ1v) is 11.5. The second kappa shape index (κ2) is 9.71. The summed E-state index contributed by atoms with van der Waals surface area (Å²) in [6.45, 7) is 0. The zero-order valence-electron chi connectivity index (χ0n) is 17.7. The van der Waals surface area contributed by atoms with E-state index in [0.717, 1.165) is 0 Å². The van der Waals surface area contributed by atoms with Crippen LogP contribution in [0.15, 0.2) is 56.6 Å². The molecule has 0 aliphatic heterocycles. The van der Waals surface area contributed by atoms with Gasteiger partial charge in [-0.3, -0.25) is 9.36 Å². The van der Waals surface area contributed by atoms with E-state index in [4.69, 9.17) is 4.74 Å².